The standard InChI is InChI=1S/C8H10BrNS2/c9-7-5-10-8(12-7)6-1-3-11-4-2-6/h5-6H,1-4H2. The molecule has 0 radical (unpaired) electrons. The highest BCUT2D eigenvalue weighted by Gasteiger charge is 2.18. The van der Waals surface area contributed by atoms with Crippen molar-refractivity contribution in [1.29, 1.82) is 0 Å². The van der Waals surface area contributed by atoms with Gasteiger partial charge in [-0.15, -0.1) is 11.3 Å². The Morgan fingerprint density at radius 3 is 2.75 bits per heavy atom. The summed E-state index contributed by atoms with van der Waals surface area (Å²) in [4.78, 5) is 4.40. The van der Waals surface area contributed by atoms with Gasteiger partial charge >= 0.3 is 0 Å². The van der Waals surface area contributed by atoms with E-state index in [2.05, 4.69) is 32.7 Å². The Morgan fingerprint density at radius 2 is 2.17 bits per heavy atom. The van der Waals surface area contributed by atoms with Crippen LogP contribution in [0.3, 0.4) is 0 Å². The van der Waals surface area contributed by atoms with Gasteiger partial charge in [0, 0.05) is 5.92 Å². The molecule has 0 unspecified atom stereocenters. The average molecular weight is 264 g/mol. The third kappa shape index (κ3) is 2.03. The molecule has 2 heterocycles. The van der Waals surface area contributed by atoms with Gasteiger partial charge in [-0.3, -0.25) is 0 Å². The maximum Gasteiger partial charge on any atom is 0.0968 e. The number of aromatic nitrogens is 1. The van der Waals surface area contributed by atoms with Gasteiger partial charge < -0.3 is 0 Å². The van der Waals surface area contributed by atoms with Crippen molar-refractivity contribution in [3.8, 4) is 0 Å². The van der Waals surface area contributed by atoms with Gasteiger partial charge in [0.2, 0.25) is 0 Å². The number of thioether (sulfide) groups is 1. The third-order valence-electron chi connectivity index (χ3n) is 2.07. The Labute approximate surface area is 89.1 Å². The molecule has 12 heavy (non-hydrogen) atoms. The molecule has 0 saturated carbocycles. The molecule has 1 saturated heterocycles. The van der Waals surface area contributed by atoms with Crippen molar-refractivity contribution in [2.75, 3.05) is 11.5 Å². The second-order valence-electron chi connectivity index (χ2n) is 2.89. The molecule has 0 bridgehead atoms. The van der Waals surface area contributed by atoms with Crippen LogP contribution in [0.1, 0.15) is 23.8 Å². The zero-order chi connectivity index (χ0) is 8.39. The number of rotatable bonds is 1. The van der Waals surface area contributed by atoms with Gasteiger partial charge in [0.05, 0.1) is 15.0 Å². The summed E-state index contributed by atoms with van der Waals surface area (Å²) in [6.45, 7) is 0. The Bertz CT molecular complexity index is 255. The lowest BCUT2D eigenvalue weighted by Crippen LogP contribution is -2.06. The van der Waals surface area contributed by atoms with Crippen LogP contribution in [-0.2, 0) is 0 Å². The third-order valence-corrected chi connectivity index (χ3v) is 4.75. The molecule has 0 amide bonds. The lowest BCUT2D eigenvalue weighted by Gasteiger charge is -2.18. The van der Waals surface area contributed by atoms with Crippen LogP contribution in [0.15, 0.2) is 9.98 Å². The van der Waals surface area contributed by atoms with Crippen LogP contribution in [0.5, 0.6) is 0 Å². The zero-order valence-electron chi connectivity index (χ0n) is 6.62. The summed E-state index contributed by atoms with van der Waals surface area (Å²) in [5.74, 6) is 3.35. The molecule has 1 aromatic rings. The number of hydrogen-bond donors (Lipinski definition) is 0. The molecule has 4 heteroatoms. The quantitative estimate of drug-likeness (QED) is 0.769. The minimum absolute atomic E-state index is 0.738. The highest BCUT2D eigenvalue weighted by atomic mass is 79.9. The Hall–Kier alpha value is 0.460. The van der Waals surface area contributed by atoms with Gasteiger partial charge in [-0.25, -0.2) is 4.98 Å². The van der Waals surface area contributed by atoms with Crippen LogP contribution in [0.25, 0.3) is 0 Å². The molecule has 1 nitrogen and oxygen atoms in total. The van der Waals surface area contributed by atoms with Crippen molar-refractivity contribution in [3.63, 3.8) is 0 Å². The molecule has 1 aliphatic heterocycles. The predicted octanol–water partition coefficient (Wildman–Crippen LogP) is 3.52. The topological polar surface area (TPSA) is 12.9 Å². The van der Waals surface area contributed by atoms with Crippen molar-refractivity contribution in [1.82, 2.24) is 4.98 Å². The van der Waals surface area contributed by atoms with E-state index < -0.39 is 0 Å². The van der Waals surface area contributed by atoms with Crippen LogP contribution in [-0.4, -0.2) is 16.5 Å². The fraction of sp³-hybridized carbons (Fsp3) is 0.625. The van der Waals surface area contributed by atoms with E-state index in [0.717, 1.165) is 9.70 Å². The number of hydrogen-bond acceptors (Lipinski definition) is 3. The molecule has 1 aromatic heterocycles. The second-order valence-corrected chi connectivity index (χ2v) is 6.56. The second kappa shape index (κ2) is 4.11. The minimum atomic E-state index is 0.738. The molecule has 66 valence electrons. The molecule has 0 N–H and O–H groups in total. The first-order valence-electron chi connectivity index (χ1n) is 4.05. The van der Waals surface area contributed by atoms with Gasteiger partial charge in [0.25, 0.3) is 0 Å². The van der Waals surface area contributed by atoms with Gasteiger partial charge in [0.1, 0.15) is 0 Å². The monoisotopic (exact) mass is 263 g/mol. The molecule has 0 aromatic carbocycles. The first kappa shape index (κ1) is 9.03. The summed E-state index contributed by atoms with van der Waals surface area (Å²) in [6, 6.07) is 0. The SMILES string of the molecule is Brc1cnc(C2CCSCC2)s1. The molecule has 0 atom stereocenters. The lowest BCUT2D eigenvalue weighted by molar-refractivity contribution is 0.633. The first-order chi connectivity index (χ1) is 5.86. The lowest BCUT2D eigenvalue weighted by atomic mass is 10.0. The van der Waals surface area contributed by atoms with Crippen LogP contribution >= 0.6 is 39.0 Å². The summed E-state index contributed by atoms with van der Waals surface area (Å²) < 4.78 is 1.16. The van der Waals surface area contributed by atoms with Gasteiger partial charge in [-0.1, -0.05) is 0 Å². The normalized spacial score (nSPS) is 19.8. The van der Waals surface area contributed by atoms with Crippen molar-refractivity contribution < 1.29 is 0 Å². The number of nitrogens with zero attached hydrogens (tertiary/aromatic N) is 1. The van der Waals surface area contributed by atoms with E-state index in [0.29, 0.717) is 0 Å². The average Bonchev–Trinajstić information content (AvgIpc) is 2.54. The zero-order valence-corrected chi connectivity index (χ0v) is 9.84. The Balaban J connectivity index is 2.08. The van der Waals surface area contributed by atoms with Crippen molar-refractivity contribution in [2.45, 2.75) is 18.8 Å². The van der Waals surface area contributed by atoms with E-state index in [1.165, 1.54) is 29.4 Å². The molecule has 0 aliphatic carbocycles. The van der Waals surface area contributed by atoms with Crippen molar-refractivity contribution in [2.24, 2.45) is 0 Å². The molecule has 0 spiro atoms. The van der Waals surface area contributed by atoms with Gasteiger partial charge in [-0.2, -0.15) is 11.8 Å². The Morgan fingerprint density at radius 1 is 1.42 bits per heavy atom. The molecular weight excluding hydrogens is 254 g/mol. The largest absolute Gasteiger partial charge is 0.248 e. The fourth-order valence-corrected chi connectivity index (χ4v) is 3.92. The van der Waals surface area contributed by atoms with E-state index >= 15 is 0 Å². The van der Waals surface area contributed by atoms with E-state index in [4.69, 9.17) is 0 Å². The molecule has 1 fully saturated rings. The summed E-state index contributed by atoms with van der Waals surface area (Å²) >= 11 is 7.31. The summed E-state index contributed by atoms with van der Waals surface area (Å²) in [5, 5.41) is 1.32. The molecule has 2 rings (SSSR count). The summed E-state index contributed by atoms with van der Waals surface area (Å²) in [5.41, 5.74) is 0. The van der Waals surface area contributed by atoms with E-state index in [-0.39, 0.29) is 0 Å². The first-order valence-corrected chi connectivity index (χ1v) is 6.81. The van der Waals surface area contributed by atoms with Crippen molar-refractivity contribution in [3.05, 3.63) is 15.0 Å². The van der Waals surface area contributed by atoms with Crippen molar-refractivity contribution >= 4 is 39.0 Å². The minimum Gasteiger partial charge on any atom is -0.248 e. The molecule has 1 aliphatic rings. The highest BCUT2D eigenvalue weighted by Crippen LogP contribution is 2.34. The van der Waals surface area contributed by atoms with Crippen LogP contribution in [0.2, 0.25) is 0 Å². The van der Waals surface area contributed by atoms with Gasteiger partial charge in [0.15, 0.2) is 0 Å². The van der Waals surface area contributed by atoms with E-state index in [1.807, 2.05) is 6.20 Å². The van der Waals surface area contributed by atoms with E-state index in [9.17, 15) is 0 Å². The predicted molar refractivity (Wildman–Crippen MR) is 59.1 cm³/mol. The molecular formula is C8H10BrNS2. The van der Waals surface area contributed by atoms with Gasteiger partial charge in [-0.05, 0) is 40.3 Å². The summed E-state index contributed by atoms with van der Waals surface area (Å²) in [6.07, 6.45) is 4.54. The fourth-order valence-electron chi connectivity index (χ4n) is 1.40. The number of halogens is 1. The maximum absolute atomic E-state index is 4.40. The smallest absolute Gasteiger partial charge is 0.0968 e. The summed E-state index contributed by atoms with van der Waals surface area (Å²) in [7, 11) is 0. The maximum atomic E-state index is 4.40. The Kier molecular flexibility index (Phi) is 3.10. The van der Waals surface area contributed by atoms with Crippen LogP contribution in [0.4, 0.5) is 0 Å². The highest BCUT2D eigenvalue weighted by molar-refractivity contribution is 9.11. The van der Waals surface area contributed by atoms with E-state index in [1.54, 1.807) is 11.3 Å². The van der Waals surface area contributed by atoms with Crippen LogP contribution in [0, 0.1) is 0 Å². The number of thiazole rings is 1. The van der Waals surface area contributed by atoms with Crippen LogP contribution < -0.4 is 0 Å².